The first-order valence-corrected chi connectivity index (χ1v) is 10.9. The fourth-order valence-electron chi connectivity index (χ4n) is 4.83. The van der Waals surface area contributed by atoms with E-state index in [1.165, 1.54) is 0 Å². The summed E-state index contributed by atoms with van der Waals surface area (Å²) < 4.78 is 11.9. The van der Waals surface area contributed by atoms with E-state index in [1.807, 2.05) is 44.4 Å². The predicted molar refractivity (Wildman–Crippen MR) is 124 cm³/mol. The molecule has 7 heteroatoms. The molecule has 1 aromatic heterocycles. The van der Waals surface area contributed by atoms with E-state index in [9.17, 15) is 10.0 Å². The van der Waals surface area contributed by atoms with Crippen molar-refractivity contribution in [3.63, 3.8) is 0 Å². The number of benzene rings is 2. The molecule has 0 saturated heterocycles. The predicted octanol–water partition coefficient (Wildman–Crippen LogP) is 4.23. The summed E-state index contributed by atoms with van der Waals surface area (Å²) in [5.74, 6) is 1.36. The van der Waals surface area contributed by atoms with Crippen LogP contribution in [0, 0.1) is 5.21 Å². The molecule has 5 rings (SSSR count). The van der Waals surface area contributed by atoms with Crippen molar-refractivity contribution in [3.8, 4) is 11.5 Å². The summed E-state index contributed by atoms with van der Waals surface area (Å²) in [7, 11) is 4.00. The Labute approximate surface area is 187 Å². The Bertz CT molecular complexity index is 1210. The molecule has 1 N–H and O–H groups in total. The summed E-state index contributed by atoms with van der Waals surface area (Å²) in [6.07, 6.45) is 1.58. The summed E-state index contributed by atoms with van der Waals surface area (Å²) in [4.78, 5) is 15.3. The van der Waals surface area contributed by atoms with Crippen molar-refractivity contribution in [3.05, 3.63) is 58.9 Å². The molecule has 1 aliphatic carbocycles. The zero-order valence-electron chi connectivity index (χ0n) is 18.9. The Morgan fingerprint density at radius 1 is 1.12 bits per heavy atom. The van der Waals surface area contributed by atoms with Crippen molar-refractivity contribution in [2.24, 2.45) is 0 Å². The number of carbonyl (C=O) groups excluding carboxylic acids is 1. The topological polar surface area (TPSA) is 78.8 Å². The minimum Gasteiger partial charge on any atom is -0.805 e. The second kappa shape index (κ2) is 7.17. The number of nitrogens with one attached hydrogen (secondary N) is 1. The van der Waals surface area contributed by atoms with E-state index < -0.39 is 5.41 Å². The maximum atomic E-state index is 13.2. The van der Waals surface area contributed by atoms with Gasteiger partial charge in [0.05, 0.1) is 5.41 Å². The van der Waals surface area contributed by atoms with Crippen LogP contribution in [0.5, 0.6) is 11.5 Å². The number of hydrogen-bond donors (Lipinski definition) is 1. The first-order chi connectivity index (χ1) is 15.2. The van der Waals surface area contributed by atoms with Crippen LogP contribution < -0.4 is 14.8 Å². The highest BCUT2D eigenvalue weighted by Crippen LogP contribution is 2.51. The largest absolute Gasteiger partial charge is 0.805 e. The molecule has 0 unspecified atom stereocenters. The normalized spacial score (nSPS) is 16.5. The van der Waals surface area contributed by atoms with Crippen LogP contribution in [-0.4, -0.2) is 43.0 Å². The fourth-order valence-corrected chi connectivity index (χ4v) is 4.83. The Hall–Kier alpha value is -3.19. The third-order valence-corrected chi connectivity index (χ3v) is 6.53. The smallest absolute Gasteiger partial charge is 0.235 e. The molecule has 2 aliphatic rings. The maximum absolute atomic E-state index is 13.2. The van der Waals surface area contributed by atoms with Crippen molar-refractivity contribution >= 4 is 22.5 Å². The van der Waals surface area contributed by atoms with Gasteiger partial charge in [-0.2, -0.15) is 0 Å². The van der Waals surface area contributed by atoms with Gasteiger partial charge in [0.1, 0.15) is 0 Å². The zero-order valence-corrected chi connectivity index (χ0v) is 18.9. The van der Waals surface area contributed by atoms with Crippen LogP contribution >= 0.6 is 0 Å². The summed E-state index contributed by atoms with van der Waals surface area (Å²) in [6, 6.07) is 13.1. The van der Waals surface area contributed by atoms with Gasteiger partial charge in [-0.05, 0) is 68.9 Å². The summed E-state index contributed by atoms with van der Waals surface area (Å²) in [5, 5.41) is 16.8. The number of rotatable bonds is 6. The highest BCUT2D eigenvalue weighted by Gasteiger charge is 2.51. The maximum Gasteiger partial charge on any atom is 0.235 e. The van der Waals surface area contributed by atoms with Gasteiger partial charge < -0.3 is 29.6 Å². The Balaban J connectivity index is 1.40. The van der Waals surface area contributed by atoms with E-state index in [1.54, 1.807) is 12.1 Å². The van der Waals surface area contributed by atoms with Gasteiger partial charge >= 0.3 is 0 Å². The number of amides is 1. The van der Waals surface area contributed by atoms with Gasteiger partial charge in [0.2, 0.25) is 12.7 Å². The highest BCUT2D eigenvalue weighted by atomic mass is 16.7. The summed E-state index contributed by atoms with van der Waals surface area (Å²) in [6.45, 7) is 5.11. The number of hydrogen-bond acceptors (Lipinski definition) is 5. The average Bonchev–Trinajstić information content (AvgIpc) is 3.29. The first kappa shape index (κ1) is 20.7. The minimum atomic E-state index is -0.542. The van der Waals surface area contributed by atoms with Crippen molar-refractivity contribution in [2.75, 3.05) is 32.7 Å². The molecule has 0 bridgehead atoms. The van der Waals surface area contributed by atoms with E-state index in [0.717, 1.165) is 40.8 Å². The van der Waals surface area contributed by atoms with Crippen LogP contribution in [0.3, 0.4) is 0 Å². The molecule has 1 amide bonds. The van der Waals surface area contributed by atoms with E-state index in [4.69, 9.17) is 9.47 Å². The standard InChI is InChI=1S/C25H28N3O4/c1-24(2,14-27(3)4)22-12-16-11-18(6-7-19(16)28(22)30)26-23(29)25(9-10-25)17-5-8-20-21(13-17)32-15-31-20/h5-8,11-13H,9-10,14-15H2,1-4H3,(H,26,29)/q-1. The molecule has 0 atom stereocenters. The van der Waals surface area contributed by atoms with E-state index >= 15 is 0 Å². The number of fused-ring (bicyclic) bond motifs is 2. The van der Waals surface area contributed by atoms with Gasteiger partial charge in [0.25, 0.3) is 0 Å². The molecule has 168 valence electrons. The molecule has 1 aliphatic heterocycles. The molecule has 2 heterocycles. The number of nitrogens with zero attached hydrogens (tertiary/aromatic N) is 2. The minimum absolute atomic E-state index is 0.0366. The van der Waals surface area contributed by atoms with Crippen LogP contribution in [0.25, 0.3) is 10.9 Å². The van der Waals surface area contributed by atoms with E-state index in [-0.39, 0.29) is 18.1 Å². The van der Waals surface area contributed by atoms with Gasteiger partial charge in [-0.25, -0.2) is 0 Å². The summed E-state index contributed by atoms with van der Waals surface area (Å²) >= 11 is 0. The first-order valence-electron chi connectivity index (χ1n) is 10.9. The molecule has 0 spiro atoms. The van der Waals surface area contributed by atoms with E-state index in [2.05, 4.69) is 24.1 Å². The molecular formula is C25H28N3O4-. The number of aromatic nitrogens is 1. The SMILES string of the molecule is CN(C)CC(C)(C)c1cc2cc(NC(=O)C3(c4ccc5c(c4)OCO5)CC3)ccc2n1[O-]. The lowest BCUT2D eigenvalue weighted by molar-refractivity contribution is -0.118. The number of likely N-dealkylation sites (N-methyl/N-ethyl adjacent to an activating group) is 1. The van der Waals surface area contributed by atoms with Gasteiger partial charge in [-0.1, -0.05) is 19.9 Å². The second-order valence-corrected chi connectivity index (χ2v) is 9.82. The lowest BCUT2D eigenvalue weighted by Gasteiger charge is -2.31. The summed E-state index contributed by atoms with van der Waals surface area (Å²) in [5.41, 5.74) is 2.13. The molecular weight excluding hydrogens is 406 g/mol. The van der Waals surface area contributed by atoms with Crippen molar-refractivity contribution in [1.29, 1.82) is 0 Å². The monoisotopic (exact) mass is 434 g/mol. The van der Waals surface area contributed by atoms with Crippen LogP contribution in [0.15, 0.2) is 42.5 Å². The Morgan fingerprint density at radius 3 is 2.59 bits per heavy atom. The third-order valence-electron chi connectivity index (χ3n) is 6.53. The quantitative estimate of drug-likeness (QED) is 0.628. The number of anilines is 1. The lowest BCUT2D eigenvalue weighted by Crippen LogP contribution is -2.33. The van der Waals surface area contributed by atoms with Crippen LogP contribution in [0.2, 0.25) is 0 Å². The van der Waals surface area contributed by atoms with Crippen LogP contribution in [0.1, 0.15) is 37.9 Å². The molecule has 1 saturated carbocycles. The van der Waals surface area contributed by atoms with Gasteiger partial charge in [-0.3, -0.25) is 4.79 Å². The number of carbonyl (C=O) groups is 1. The van der Waals surface area contributed by atoms with Crippen molar-refractivity contribution < 1.29 is 14.3 Å². The van der Waals surface area contributed by atoms with Crippen LogP contribution in [-0.2, 0) is 15.6 Å². The van der Waals surface area contributed by atoms with Crippen LogP contribution in [0.4, 0.5) is 5.69 Å². The zero-order chi connectivity index (χ0) is 22.7. The lowest BCUT2D eigenvalue weighted by atomic mass is 9.89. The molecule has 1 fully saturated rings. The average molecular weight is 435 g/mol. The van der Waals surface area contributed by atoms with Crippen molar-refractivity contribution in [2.45, 2.75) is 37.5 Å². The Kier molecular flexibility index (Phi) is 4.64. The number of ether oxygens (including phenoxy) is 2. The molecule has 2 aromatic carbocycles. The Morgan fingerprint density at radius 2 is 1.88 bits per heavy atom. The molecule has 32 heavy (non-hydrogen) atoms. The fraction of sp³-hybridized carbons (Fsp3) is 0.400. The highest BCUT2D eigenvalue weighted by molar-refractivity contribution is 6.02. The molecule has 3 aromatic rings. The van der Waals surface area contributed by atoms with Gasteiger partial charge in [-0.15, -0.1) is 0 Å². The third kappa shape index (κ3) is 3.37. The van der Waals surface area contributed by atoms with E-state index in [0.29, 0.717) is 22.7 Å². The molecule has 7 nitrogen and oxygen atoms in total. The van der Waals surface area contributed by atoms with Crippen molar-refractivity contribution in [1.82, 2.24) is 9.63 Å². The second-order valence-electron chi connectivity index (χ2n) is 9.82. The van der Waals surface area contributed by atoms with Gasteiger partial charge in [0, 0.05) is 34.2 Å². The molecule has 0 radical (unpaired) electrons. The van der Waals surface area contributed by atoms with Gasteiger partial charge in [0.15, 0.2) is 11.5 Å².